The van der Waals surface area contributed by atoms with Gasteiger partial charge in [-0.3, -0.25) is 9.59 Å². The van der Waals surface area contributed by atoms with Gasteiger partial charge in [0.05, 0.1) is 17.7 Å². The maximum Gasteiger partial charge on any atom is 0.298 e. The van der Waals surface area contributed by atoms with E-state index in [-0.39, 0.29) is 17.1 Å². The Morgan fingerprint density at radius 2 is 1.93 bits per heavy atom. The van der Waals surface area contributed by atoms with Crippen molar-refractivity contribution in [1.82, 2.24) is 0 Å². The minimum atomic E-state index is -0.339. The molecule has 2 amide bonds. The molecule has 1 heterocycles. The second-order valence-electron chi connectivity index (χ2n) is 6.60. The normalized spacial score (nSPS) is 15.9. The van der Waals surface area contributed by atoms with Crippen LogP contribution in [0.3, 0.4) is 0 Å². The summed E-state index contributed by atoms with van der Waals surface area (Å²) >= 11 is 6.93. The first kappa shape index (κ1) is 19.5. The maximum absolute atomic E-state index is 12.8. The zero-order chi connectivity index (χ0) is 19.7. The quantitative estimate of drug-likeness (QED) is 0.587. The zero-order valence-corrected chi connectivity index (χ0v) is 17.1. The Kier molecular flexibility index (Phi) is 5.63. The third-order valence-corrected chi connectivity index (χ3v) is 5.49. The lowest BCUT2D eigenvalue weighted by molar-refractivity contribution is -0.113. The van der Waals surface area contributed by atoms with Crippen LogP contribution in [0.2, 0.25) is 5.02 Å². The third-order valence-electron chi connectivity index (χ3n) is 4.39. The molecule has 1 saturated heterocycles. The molecule has 2 aromatic rings. The summed E-state index contributed by atoms with van der Waals surface area (Å²) in [5.41, 5.74) is 3.41. The second kappa shape index (κ2) is 7.79. The van der Waals surface area contributed by atoms with Crippen LogP contribution < -0.4 is 9.64 Å². The topological polar surface area (TPSA) is 46.6 Å². The van der Waals surface area contributed by atoms with Gasteiger partial charge in [0.1, 0.15) is 5.75 Å². The predicted octanol–water partition coefficient (Wildman–Crippen LogP) is 6.02. The molecule has 0 unspecified atom stereocenters. The molecule has 0 bridgehead atoms. The number of hydrogen-bond donors (Lipinski definition) is 0. The molecule has 2 aromatic carbocycles. The molecule has 0 aromatic heterocycles. The smallest absolute Gasteiger partial charge is 0.298 e. The van der Waals surface area contributed by atoms with Crippen molar-refractivity contribution in [3.8, 4) is 5.75 Å². The highest BCUT2D eigenvalue weighted by atomic mass is 35.5. The lowest BCUT2D eigenvalue weighted by Gasteiger charge is -2.15. The van der Waals surface area contributed by atoms with E-state index < -0.39 is 0 Å². The van der Waals surface area contributed by atoms with Crippen LogP contribution in [-0.2, 0) is 4.79 Å². The van der Waals surface area contributed by atoms with Gasteiger partial charge in [0.25, 0.3) is 11.1 Å². The van der Waals surface area contributed by atoms with Crippen molar-refractivity contribution in [1.29, 1.82) is 0 Å². The molecule has 1 aliphatic rings. The van der Waals surface area contributed by atoms with Crippen LogP contribution in [0.4, 0.5) is 10.5 Å². The van der Waals surface area contributed by atoms with Crippen molar-refractivity contribution in [3.63, 3.8) is 0 Å². The van der Waals surface area contributed by atoms with Crippen molar-refractivity contribution in [2.45, 2.75) is 26.7 Å². The van der Waals surface area contributed by atoms with Crippen LogP contribution >= 0.6 is 23.4 Å². The van der Waals surface area contributed by atoms with Crippen LogP contribution in [0.5, 0.6) is 5.75 Å². The lowest BCUT2D eigenvalue weighted by Crippen LogP contribution is -2.27. The van der Waals surface area contributed by atoms with E-state index in [2.05, 4.69) is 13.8 Å². The van der Waals surface area contributed by atoms with Gasteiger partial charge in [-0.1, -0.05) is 31.5 Å². The molecule has 0 saturated carbocycles. The van der Waals surface area contributed by atoms with Crippen LogP contribution in [0.25, 0.3) is 6.08 Å². The average molecular weight is 402 g/mol. The van der Waals surface area contributed by atoms with Crippen LogP contribution in [0.15, 0.2) is 41.3 Å². The van der Waals surface area contributed by atoms with Gasteiger partial charge in [0.15, 0.2) is 0 Å². The molecule has 6 heteroatoms. The SMILES string of the molecule is COc1cc(C)c(C=C2SC(=O)N(c3cccc(Cl)c3)C2=O)cc1C(C)C. The largest absolute Gasteiger partial charge is 0.496 e. The molecule has 1 fully saturated rings. The molecular formula is C21H20ClNO3S. The first-order valence-corrected chi connectivity index (χ1v) is 9.73. The number of halogens is 1. The number of rotatable bonds is 4. The summed E-state index contributed by atoms with van der Waals surface area (Å²) in [4.78, 5) is 26.8. The van der Waals surface area contributed by atoms with Crippen LogP contribution in [0.1, 0.15) is 36.5 Å². The fraction of sp³-hybridized carbons (Fsp3) is 0.238. The molecule has 0 atom stereocenters. The highest BCUT2D eigenvalue weighted by Crippen LogP contribution is 2.38. The summed E-state index contributed by atoms with van der Waals surface area (Å²) in [5, 5.41) is 0.145. The molecule has 27 heavy (non-hydrogen) atoms. The van der Waals surface area contributed by atoms with E-state index in [1.54, 1.807) is 37.5 Å². The monoisotopic (exact) mass is 401 g/mol. The van der Waals surface area contributed by atoms with Crippen molar-refractivity contribution < 1.29 is 14.3 Å². The number of benzene rings is 2. The number of anilines is 1. The summed E-state index contributed by atoms with van der Waals surface area (Å²) in [5.74, 6) is 0.759. The first-order chi connectivity index (χ1) is 12.8. The number of carbonyl (C=O) groups excluding carboxylic acids is 2. The van der Waals surface area contributed by atoms with E-state index >= 15 is 0 Å². The Labute approximate surface area is 168 Å². The van der Waals surface area contributed by atoms with Crippen LogP contribution in [-0.4, -0.2) is 18.3 Å². The summed E-state index contributed by atoms with van der Waals surface area (Å²) in [6.07, 6.45) is 1.77. The molecule has 0 spiro atoms. The number of aryl methyl sites for hydroxylation is 1. The maximum atomic E-state index is 12.8. The fourth-order valence-electron chi connectivity index (χ4n) is 2.95. The summed E-state index contributed by atoms with van der Waals surface area (Å²) in [7, 11) is 1.65. The van der Waals surface area contributed by atoms with Crippen molar-refractivity contribution in [2.75, 3.05) is 12.0 Å². The van der Waals surface area contributed by atoms with Gasteiger partial charge < -0.3 is 4.74 Å². The Bertz CT molecular complexity index is 952. The first-order valence-electron chi connectivity index (χ1n) is 8.54. The molecule has 0 aliphatic carbocycles. The van der Waals surface area contributed by atoms with E-state index in [0.717, 1.165) is 39.1 Å². The number of methoxy groups -OCH3 is 1. The minimum absolute atomic E-state index is 0.272. The highest BCUT2D eigenvalue weighted by molar-refractivity contribution is 8.19. The standard InChI is InChI=1S/C21H20ClNO3S/c1-12(2)17-9-14(13(3)8-18(17)26-4)10-19-20(24)23(21(25)27-19)16-7-5-6-15(22)11-16/h5-12H,1-4H3. The van der Waals surface area contributed by atoms with Gasteiger partial charge in [-0.2, -0.15) is 0 Å². The number of amides is 2. The van der Waals surface area contributed by atoms with Crippen molar-refractivity contribution in [3.05, 3.63) is 63.0 Å². The van der Waals surface area contributed by atoms with Crippen molar-refractivity contribution in [2.24, 2.45) is 0 Å². The average Bonchev–Trinajstić information content (AvgIpc) is 2.89. The molecule has 4 nitrogen and oxygen atoms in total. The lowest BCUT2D eigenvalue weighted by atomic mass is 9.96. The van der Waals surface area contributed by atoms with E-state index in [4.69, 9.17) is 16.3 Å². The Balaban J connectivity index is 2.00. The van der Waals surface area contributed by atoms with E-state index in [9.17, 15) is 9.59 Å². The predicted molar refractivity (Wildman–Crippen MR) is 112 cm³/mol. The van der Waals surface area contributed by atoms with Gasteiger partial charge in [-0.25, -0.2) is 4.90 Å². The molecule has 1 aliphatic heterocycles. The molecule has 3 rings (SSSR count). The molecule has 140 valence electrons. The Morgan fingerprint density at radius 1 is 1.19 bits per heavy atom. The zero-order valence-electron chi connectivity index (χ0n) is 15.6. The molecular weight excluding hydrogens is 382 g/mol. The van der Waals surface area contributed by atoms with Gasteiger partial charge >= 0.3 is 0 Å². The van der Waals surface area contributed by atoms with E-state index in [1.165, 1.54) is 0 Å². The van der Waals surface area contributed by atoms with Gasteiger partial charge in [0, 0.05) is 5.02 Å². The fourth-order valence-corrected chi connectivity index (χ4v) is 3.96. The Morgan fingerprint density at radius 3 is 2.56 bits per heavy atom. The number of nitrogens with zero attached hydrogens (tertiary/aromatic N) is 1. The van der Waals surface area contributed by atoms with Crippen molar-refractivity contribution >= 4 is 46.3 Å². The van der Waals surface area contributed by atoms with Gasteiger partial charge in [0.2, 0.25) is 0 Å². The second-order valence-corrected chi connectivity index (χ2v) is 8.03. The Hall–Kier alpha value is -2.24. The molecule has 0 radical (unpaired) electrons. The van der Waals surface area contributed by atoms with E-state index in [0.29, 0.717) is 15.6 Å². The number of ether oxygens (including phenoxy) is 1. The van der Waals surface area contributed by atoms with E-state index in [1.807, 2.05) is 19.1 Å². The van der Waals surface area contributed by atoms with Crippen LogP contribution in [0, 0.1) is 6.92 Å². The number of imide groups is 1. The van der Waals surface area contributed by atoms with Gasteiger partial charge in [-0.05, 0) is 77.7 Å². The minimum Gasteiger partial charge on any atom is -0.496 e. The van der Waals surface area contributed by atoms with Gasteiger partial charge in [-0.15, -0.1) is 0 Å². The summed E-state index contributed by atoms with van der Waals surface area (Å²) in [6.45, 7) is 6.13. The summed E-state index contributed by atoms with van der Waals surface area (Å²) in [6, 6.07) is 10.7. The number of hydrogen-bond acceptors (Lipinski definition) is 4. The summed E-state index contributed by atoms with van der Waals surface area (Å²) < 4.78 is 5.47. The number of thioether (sulfide) groups is 1. The third kappa shape index (κ3) is 3.89. The number of carbonyl (C=O) groups is 2. The highest BCUT2D eigenvalue weighted by Gasteiger charge is 2.36. The molecule has 0 N–H and O–H groups in total.